The smallest absolute Gasteiger partial charge is 0.232 e. The first kappa shape index (κ1) is 18.5. The summed E-state index contributed by atoms with van der Waals surface area (Å²) in [5.41, 5.74) is 2.08. The number of benzene rings is 2. The summed E-state index contributed by atoms with van der Waals surface area (Å²) in [6.07, 6.45) is 0. The molecule has 5 nitrogen and oxygen atoms in total. The van der Waals surface area contributed by atoms with Gasteiger partial charge in [-0.15, -0.1) is 10.2 Å². The first-order chi connectivity index (χ1) is 12.5. The maximum absolute atomic E-state index is 11.9. The second-order valence-electron chi connectivity index (χ2n) is 5.96. The zero-order chi connectivity index (χ0) is 18.5. The predicted molar refractivity (Wildman–Crippen MR) is 105 cm³/mol. The first-order valence-corrected chi connectivity index (χ1v) is 9.47. The van der Waals surface area contributed by atoms with Crippen molar-refractivity contribution in [3.63, 3.8) is 0 Å². The normalized spacial score (nSPS) is 10.7. The van der Waals surface area contributed by atoms with E-state index < -0.39 is 0 Å². The molecule has 7 heteroatoms. The van der Waals surface area contributed by atoms with Crippen molar-refractivity contribution in [1.29, 1.82) is 0 Å². The summed E-state index contributed by atoms with van der Waals surface area (Å²) >= 11 is 7.39. The molecule has 0 unspecified atom stereocenters. The summed E-state index contributed by atoms with van der Waals surface area (Å²) in [4.78, 5) is 13.5. The standard InChI is InChI=1S/C19H19ClN4OS/c1-23(2)17(25)13-26-19-22-21-18(15-8-10-16(20)11-9-15)24(19)12-14-6-4-3-5-7-14/h3-11H,12-13H2,1-2H3. The lowest BCUT2D eigenvalue weighted by Crippen LogP contribution is -2.23. The molecule has 1 amide bonds. The molecule has 0 spiro atoms. The number of aromatic nitrogens is 3. The number of halogens is 1. The Morgan fingerprint density at radius 1 is 1.08 bits per heavy atom. The molecule has 1 aromatic heterocycles. The lowest BCUT2D eigenvalue weighted by Gasteiger charge is -2.12. The van der Waals surface area contributed by atoms with Crippen LogP contribution in [0.3, 0.4) is 0 Å². The lowest BCUT2D eigenvalue weighted by molar-refractivity contribution is -0.125. The van der Waals surface area contributed by atoms with E-state index in [0.29, 0.717) is 22.5 Å². The number of rotatable bonds is 6. The van der Waals surface area contributed by atoms with E-state index in [9.17, 15) is 4.79 Å². The third kappa shape index (κ3) is 4.45. The SMILES string of the molecule is CN(C)C(=O)CSc1nnc(-c2ccc(Cl)cc2)n1Cc1ccccc1. The Balaban J connectivity index is 1.93. The minimum absolute atomic E-state index is 0.0392. The molecule has 0 N–H and O–H groups in total. The minimum Gasteiger partial charge on any atom is -0.348 e. The molecule has 0 radical (unpaired) electrons. The summed E-state index contributed by atoms with van der Waals surface area (Å²) in [6.45, 7) is 0.629. The Bertz CT molecular complexity index is 878. The molecular weight excluding hydrogens is 368 g/mol. The molecule has 0 saturated heterocycles. The van der Waals surface area contributed by atoms with Crippen molar-refractivity contribution in [1.82, 2.24) is 19.7 Å². The van der Waals surface area contributed by atoms with Crippen molar-refractivity contribution in [2.75, 3.05) is 19.8 Å². The topological polar surface area (TPSA) is 51.0 Å². The van der Waals surface area contributed by atoms with Gasteiger partial charge in [-0.2, -0.15) is 0 Å². The van der Waals surface area contributed by atoms with Gasteiger partial charge in [-0.05, 0) is 29.8 Å². The highest BCUT2D eigenvalue weighted by Gasteiger charge is 2.16. The fraction of sp³-hybridized carbons (Fsp3) is 0.211. The number of carbonyl (C=O) groups excluding carboxylic acids is 1. The molecule has 0 aliphatic heterocycles. The molecule has 0 bridgehead atoms. The minimum atomic E-state index is 0.0392. The van der Waals surface area contributed by atoms with Crippen molar-refractivity contribution in [3.05, 3.63) is 65.2 Å². The first-order valence-electron chi connectivity index (χ1n) is 8.10. The molecule has 134 valence electrons. The summed E-state index contributed by atoms with van der Waals surface area (Å²) in [5.74, 6) is 1.11. The zero-order valence-electron chi connectivity index (χ0n) is 14.6. The Morgan fingerprint density at radius 3 is 2.42 bits per heavy atom. The van der Waals surface area contributed by atoms with Crippen molar-refractivity contribution in [2.45, 2.75) is 11.7 Å². The van der Waals surface area contributed by atoms with Crippen LogP contribution in [0.25, 0.3) is 11.4 Å². The van der Waals surface area contributed by atoms with E-state index in [2.05, 4.69) is 22.3 Å². The van der Waals surface area contributed by atoms with E-state index in [0.717, 1.165) is 17.0 Å². The second kappa shape index (κ2) is 8.38. The van der Waals surface area contributed by atoms with Crippen LogP contribution in [0.15, 0.2) is 59.8 Å². The van der Waals surface area contributed by atoms with Gasteiger partial charge in [-0.25, -0.2) is 0 Å². The lowest BCUT2D eigenvalue weighted by atomic mass is 10.2. The number of hydrogen-bond acceptors (Lipinski definition) is 4. The van der Waals surface area contributed by atoms with Gasteiger partial charge >= 0.3 is 0 Å². The fourth-order valence-electron chi connectivity index (χ4n) is 2.37. The van der Waals surface area contributed by atoms with Crippen LogP contribution < -0.4 is 0 Å². The molecule has 0 aliphatic rings. The average Bonchev–Trinajstić information content (AvgIpc) is 3.03. The van der Waals surface area contributed by atoms with Crippen molar-refractivity contribution in [3.8, 4) is 11.4 Å². The van der Waals surface area contributed by atoms with Crippen LogP contribution in [-0.4, -0.2) is 45.4 Å². The molecule has 3 aromatic rings. The highest BCUT2D eigenvalue weighted by atomic mass is 35.5. The third-order valence-electron chi connectivity index (χ3n) is 3.83. The van der Waals surface area contributed by atoms with E-state index in [1.54, 1.807) is 19.0 Å². The maximum Gasteiger partial charge on any atom is 0.232 e. The van der Waals surface area contributed by atoms with Gasteiger partial charge < -0.3 is 4.90 Å². The summed E-state index contributed by atoms with van der Waals surface area (Å²) in [7, 11) is 3.49. The second-order valence-corrected chi connectivity index (χ2v) is 7.34. The molecule has 0 fully saturated rings. The third-order valence-corrected chi connectivity index (χ3v) is 5.03. The van der Waals surface area contributed by atoms with Gasteiger partial charge in [0.15, 0.2) is 11.0 Å². The predicted octanol–water partition coefficient (Wildman–Crippen LogP) is 3.83. The number of thioether (sulfide) groups is 1. The molecule has 1 heterocycles. The Hall–Kier alpha value is -2.31. The number of hydrogen-bond donors (Lipinski definition) is 0. The van der Waals surface area contributed by atoms with E-state index in [1.165, 1.54) is 11.8 Å². The van der Waals surface area contributed by atoms with Gasteiger partial charge in [-0.3, -0.25) is 9.36 Å². The number of amides is 1. The summed E-state index contributed by atoms with van der Waals surface area (Å²) < 4.78 is 2.03. The quantitative estimate of drug-likeness (QED) is 0.604. The Kier molecular flexibility index (Phi) is 5.96. The number of nitrogens with zero attached hydrogens (tertiary/aromatic N) is 4. The van der Waals surface area contributed by atoms with Crippen LogP contribution >= 0.6 is 23.4 Å². The highest BCUT2D eigenvalue weighted by Crippen LogP contribution is 2.26. The Morgan fingerprint density at radius 2 is 1.77 bits per heavy atom. The molecular formula is C19H19ClN4OS. The zero-order valence-corrected chi connectivity index (χ0v) is 16.2. The van der Waals surface area contributed by atoms with Crippen LogP contribution in [-0.2, 0) is 11.3 Å². The molecule has 2 aromatic carbocycles. The molecule has 3 rings (SSSR count). The molecule has 0 atom stereocenters. The van der Waals surface area contributed by atoms with Gasteiger partial charge in [0, 0.05) is 24.7 Å². The summed E-state index contributed by atoms with van der Waals surface area (Å²) in [5, 5.41) is 10.1. The fourth-order valence-corrected chi connectivity index (χ4v) is 3.41. The van der Waals surface area contributed by atoms with Crippen LogP contribution in [0.4, 0.5) is 0 Å². The van der Waals surface area contributed by atoms with Gasteiger partial charge in [0.05, 0.1) is 12.3 Å². The van der Waals surface area contributed by atoms with Crippen LogP contribution in [0.1, 0.15) is 5.56 Å². The van der Waals surface area contributed by atoms with Crippen LogP contribution in [0, 0.1) is 0 Å². The van der Waals surface area contributed by atoms with Crippen LogP contribution in [0.2, 0.25) is 5.02 Å². The highest BCUT2D eigenvalue weighted by molar-refractivity contribution is 7.99. The largest absolute Gasteiger partial charge is 0.348 e. The van der Waals surface area contributed by atoms with Crippen molar-refractivity contribution < 1.29 is 4.79 Å². The van der Waals surface area contributed by atoms with Gasteiger partial charge in [0.25, 0.3) is 0 Å². The van der Waals surface area contributed by atoms with E-state index in [-0.39, 0.29) is 5.91 Å². The molecule has 0 saturated carbocycles. The van der Waals surface area contributed by atoms with E-state index >= 15 is 0 Å². The maximum atomic E-state index is 11.9. The van der Waals surface area contributed by atoms with E-state index in [4.69, 9.17) is 11.6 Å². The van der Waals surface area contributed by atoms with Gasteiger partial charge in [-0.1, -0.05) is 53.7 Å². The molecule has 26 heavy (non-hydrogen) atoms. The van der Waals surface area contributed by atoms with Gasteiger partial charge in [0.1, 0.15) is 0 Å². The Labute approximate surface area is 162 Å². The van der Waals surface area contributed by atoms with Gasteiger partial charge in [0.2, 0.25) is 5.91 Å². The van der Waals surface area contributed by atoms with Crippen molar-refractivity contribution >= 4 is 29.3 Å². The summed E-state index contributed by atoms with van der Waals surface area (Å²) in [6, 6.07) is 17.6. The average molecular weight is 387 g/mol. The van der Waals surface area contributed by atoms with Crippen LogP contribution in [0.5, 0.6) is 0 Å². The molecule has 0 aliphatic carbocycles. The van der Waals surface area contributed by atoms with E-state index in [1.807, 2.05) is 47.0 Å². The monoisotopic (exact) mass is 386 g/mol. The van der Waals surface area contributed by atoms with Crippen molar-refractivity contribution in [2.24, 2.45) is 0 Å². The number of carbonyl (C=O) groups is 1.